The zero-order valence-corrected chi connectivity index (χ0v) is 15.7. The standard InChI is InChI=1S/C20H21F3N4O2/c21-20(22,23)19-25-14-6-1-2-7-15(14)27(19)13-18(28)24-12-16(17-8-5-11-29-17)26-9-3-4-10-26/h1-2,5-8,11,16H,3-4,9-10,12-13H2,(H,24,28)/t16-/m0/s1. The molecule has 154 valence electrons. The van der Waals surface area contributed by atoms with E-state index in [2.05, 4.69) is 15.2 Å². The molecular formula is C20H21F3N4O2. The number of para-hydroxylation sites is 2. The summed E-state index contributed by atoms with van der Waals surface area (Å²) < 4.78 is 46.7. The highest BCUT2D eigenvalue weighted by molar-refractivity contribution is 5.81. The highest BCUT2D eigenvalue weighted by Gasteiger charge is 2.38. The van der Waals surface area contributed by atoms with Crippen LogP contribution >= 0.6 is 0 Å². The van der Waals surface area contributed by atoms with Gasteiger partial charge in [-0.3, -0.25) is 9.69 Å². The molecule has 2 aromatic heterocycles. The van der Waals surface area contributed by atoms with Gasteiger partial charge in [0.15, 0.2) is 0 Å². The maximum atomic E-state index is 13.4. The average molecular weight is 406 g/mol. The fraction of sp³-hybridized carbons (Fsp3) is 0.400. The third-order valence-electron chi connectivity index (χ3n) is 5.16. The lowest BCUT2D eigenvalue weighted by atomic mass is 10.2. The van der Waals surface area contributed by atoms with E-state index >= 15 is 0 Å². The summed E-state index contributed by atoms with van der Waals surface area (Å²) in [6.45, 7) is 1.60. The van der Waals surface area contributed by atoms with Gasteiger partial charge in [0.05, 0.1) is 23.3 Å². The van der Waals surface area contributed by atoms with E-state index in [-0.39, 0.29) is 23.6 Å². The summed E-state index contributed by atoms with van der Waals surface area (Å²) in [7, 11) is 0. The van der Waals surface area contributed by atoms with Gasteiger partial charge in [0.25, 0.3) is 0 Å². The Bertz CT molecular complexity index is 975. The second-order valence-electron chi connectivity index (χ2n) is 7.09. The van der Waals surface area contributed by atoms with Crippen LogP contribution < -0.4 is 5.32 Å². The van der Waals surface area contributed by atoms with Crippen molar-refractivity contribution in [1.82, 2.24) is 19.8 Å². The topological polar surface area (TPSA) is 63.3 Å². The van der Waals surface area contributed by atoms with Crippen molar-refractivity contribution in [2.75, 3.05) is 19.6 Å². The molecule has 3 aromatic rings. The van der Waals surface area contributed by atoms with Crippen LogP contribution in [0.3, 0.4) is 0 Å². The monoisotopic (exact) mass is 406 g/mol. The molecule has 1 aromatic carbocycles. The number of furan rings is 1. The molecule has 3 heterocycles. The van der Waals surface area contributed by atoms with Crippen LogP contribution in [-0.4, -0.2) is 40.0 Å². The van der Waals surface area contributed by atoms with Crippen molar-refractivity contribution in [3.05, 3.63) is 54.2 Å². The Hall–Kier alpha value is -2.81. The summed E-state index contributed by atoms with van der Waals surface area (Å²) >= 11 is 0. The number of benzene rings is 1. The molecule has 4 rings (SSSR count). The number of fused-ring (bicyclic) bond motifs is 1. The van der Waals surface area contributed by atoms with Gasteiger partial charge in [-0.25, -0.2) is 4.98 Å². The lowest BCUT2D eigenvalue weighted by molar-refractivity contribution is -0.147. The van der Waals surface area contributed by atoms with Gasteiger partial charge in [-0.15, -0.1) is 0 Å². The van der Waals surface area contributed by atoms with E-state index in [4.69, 9.17) is 4.42 Å². The van der Waals surface area contributed by atoms with Crippen LogP contribution in [0.5, 0.6) is 0 Å². The molecule has 1 atom stereocenters. The van der Waals surface area contributed by atoms with Crippen LogP contribution in [0.25, 0.3) is 11.0 Å². The normalized spacial score (nSPS) is 16.4. The molecule has 1 saturated heterocycles. The zero-order chi connectivity index (χ0) is 20.4. The number of likely N-dealkylation sites (tertiary alicyclic amines) is 1. The molecule has 0 bridgehead atoms. The van der Waals surface area contributed by atoms with Crippen molar-refractivity contribution in [1.29, 1.82) is 0 Å². The molecular weight excluding hydrogens is 385 g/mol. The Morgan fingerprint density at radius 2 is 1.93 bits per heavy atom. The van der Waals surface area contributed by atoms with Gasteiger partial charge in [0, 0.05) is 6.54 Å². The van der Waals surface area contributed by atoms with E-state index in [9.17, 15) is 18.0 Å². The molecule has 1 fully saturated rings. The van der Waals surface area contributed by atoms with Crippen molar-refractivity contribution >= 4 is 16.9 Å². The van der Waals surface area contributed by atoms with Crippen molar-refractivity contribution in [3.8, 4) is 0 Å². The first-order valence-corrected chi connectivity index (χ1v) is 9.50. The van der Waals surface area contributed by atoms with Gasteiger partial charge in [0.1, 0.15) is 12.3 Å². The Balaban J connectivity index is 1.51. The molecule has 1 aliphatic rings. The van der Waals surface area contributed by atoms with Crippen LogP contribution in [0.15, 0.2) is 47.1 Å². The average Bonchev–Trinajstić information content (AvgIpc) is 3.43. The van der Waals surface area contributed by atoms with E-state index in [1.54, 1.807) is 24.5 Å². The molecule has 29 heavy (non-hydrogen) atoms. The molecule has 6 nitrogen and oxygen atoms in total. The Labute approximate surface area is 165 Å². The smallest absolute Gasteiger partial charge is 0.449 e. The molecule has 0 unspecified atom stereocenters. The number of carbonyl (C=O) groups excluding carboxylic acids is 1. The van der Waals surface area contributed by atoms with Crippen molar-refractivity contribution in [3.63, 3.8) is 0 Å². The highest BCUT2D eigenvalue weighted by atomic mass is 19.4. The summed E-state index contributed by atoms with van der Waals surface area (Å²) in [5, 5.41) is 2.77. The van der Waals surface area contributed by atoms with Gasteiger partial charge in [-0.2, -0.15) is 13.2 Å². The minimum Gasteiger partial charge on any atom is -0.468 e. The molecule has 0 spiro atoms. The number of amides is 1. The lowest BCUT2D eigenvalue weighted by Gasteiger charge is -2.26. The largest absolute Gasteiger partial charge is 0.468 e. The summed E-state index contributed by atoms with van der Waals surface area (Å²) in [6.07, 6.45) is -0.929. The third-order valence-corrected chi connectivity index (χ3v) is 5.16. The number of imidazole rings is 1. The third kappa shape index (κ3) is 4.14. The van der Waals surface area contributed by atoms with Crippen molar-refractivity contribution in [2.45, 2.75) is 31.6 Å². The molecule has 1 aliphatic heterocycles. The van der Waals surface area contributed by atoms with Gasteiger partial charge >= 0.3 is 6.18 Å². The number of hydrogen-bond donors (Lipinski definition) is 1. The van der Waals surface area contributed by atoms with Crippen LogP contribution in [0.4, 0.5) is 13.2 Å². The number of nitrogens with zero attached hydrogens (tertiary/aromatic N) is 3. The molecule has 0 saturated carbocycles. The van der Waals surface area contributed by atoms with Crippen LogP contribution in [0.2, 0.25) is 0 Å². The number of halogens is 3. The summed E-state index contributed by atoms with van der Waals surface area (Å²) in [5.74, 6) is -0.846. The van der Waals surface area contributed by atoms with E-state index in [1.807, 2.05) is 6.07 Å². The second kappa shape index (κ2) is 7.90. The van der Waals surface area contributed by atoms with Gasteiger partial charge in [-0.05, 0) is 50.2 Å². The van der Waals surface area contributed by atoms with Crippen LogP contribution in [0, 0.1) is 0 Å². The van der Waals surface area contributed by atoms with Crippen molar-refractivity contribution < 1.29 is 22.4 Å². The number of hydrogen-bond acceptors (Lipinski definition) is 4. The number of nitrogens with one attached hydrogen (secondary N) is 1. The first-order valence-electron chi connectivity index (χ1n) is 9.50. The molecule has 9 heteroatoms. The molecule has 1 N–H and O–H groups in total. The van der Waals surface area contributed by atoms with Gasteiger partial charge < -0.3 is 14.3 Å². The summed E-state index contributed by atoms with van der Waals surface area (Å²) in [4.78, 5) is 18.4. The number of alkyl halides is 3. The SMILES string of the molecule is O=C(Cn1c(C(F)(F)F)nc2ccccc21)NC[C@@H](c1ccco1)N1CCCC1. The fourth-order valence-electron chi connectivity index (χ4n) is 3.81. The maximum absolute atomic E-state index is 13.4. The van der Waals surface area contributed by atoms with Crippen molar-refractivity contribution in [2.24, 2.45) is 0 Å². The molecule has 1 amide bonds. The number of rotatable bonds is 6. The maximum Gasteiger partial charge on any atom is 0.449 e. The Morgan fingerprint density at radius 1 is 1.17 bits per heavy atom. The zero-order valence-electron chi connectivity index (χ0n) is 15.7. The number of aromatic nitrogens is 2. The predicted octanol–water partition coefficient (Wildman–Crippen LogP) is 3.60. The number of carbonyl (C=O) groups is 1. The van der Waals surface area contributed by atoms with E-state index in [0.717, 1.165) is 36.3 Å². The summed E-state index contributed by atoms with van der Waals surface area (Å²) in [6, 6.07) is 9.76. The summed E-state index contributed by atoms with van der Waals surface area (Å²) in [5.41, 5.74) is 0.482. The van der Waals surface area contributed by atoms with Gasteiger partial charge in [-0.1, -0.05) is 12.1 Å². The van der Waals surface area contributed by atoms with E-state index < -0.39 is 24.5 Å². The quantitative estimate of drug-likeness (QED) is 0.680. The fourth-order valence-corrected chi connectivity index (χ4v) is 3.81. The molecule has 0 radical (unpaired) electrons. The van der Waals surface area contributed by atoms with E-state index in [0.29, 0.717) is 0 Å². The second-order valence-corrected chi connectivity index (χ2v) is 7.09. The molecule has 0 aliphatic carbocycles. The predicted molar refractivity (Wildman–Crippen MR) is 100 cm³/mol. The van der Waals surface area contributed by atoms with Crippen LogP contribution in [-0.2, 0) is 17.5 Å². The first-order chi connectivity index (χ1) is 13.9. The minimum atomic E-state index is -4.65. The first kappa shape index (κ1) is 19.5. The van der Waals surface area contributed by atoms with E-state index in [1.165, 1.54) is 12.1 Å². The Kier molecular flexibility index (Phi) is 5.31. The Morgan fingerprint density at radius 3 is 2.62 bits per heavy atom. The lowest BCUT2D eigenvalue weighted by Crippen LogP contribution is -2.38. The van der Waals surface area contributed by atoms with Gasteiger partial charge in [0.2, 0.25) is 11.7 Å². The minimum absolute atomic E-state index is 0.141. The van der Waals surface area contributed by atoms with Crippen LogP contribution in [0.1, 0.15) is 30.5 Å². The highest BCUT2D eigenvalue weighted by Crippen LogP contribution is 2.31.